The average Bonchev–Trinajstić information content (AvgIpc) is 3.40. The first-order chi connectivity index (χ1) is 16.4. The van der Waals surface area contributed by atoms with E-state index in [1.165, 1.54) is 55.7 Å². The Morgan fingerprint density at radius 2 is 1.73 bits per heavy atom. The number of para-hydroxylation sites is 3. The van der Waals surface area contributed by atoms with Crippen molar-refractivity contribution in [3.8, 4) is 0 Å². The maximum atomic E-state index is 2.62. The number of hydrogen-bond donors (Lipinski definition) is 0. The number of allylic oxidation sites excluding steroid dienone is 8. The molecule has 0 saturated carbocycles. The standard InChI is InChI=1S/C30H21N2S/c1-2-9-19(10-3-1)31-24-13-5-6-14-25(24)32-27-17-23-20-11-4-7-16-28(20)33-29(23)18-22(27)21-12-8-15-26(31)30(21)32/h1-16,18,28,30H,17H2/q+1. The molecule has 6 aliphatic rings. The minimum atomic E-state index is 0.221. The predicted octanol–water partition coefficient (Wildman–Crippen LogP) is 6.88. The lowest BCUT2D eigenvalue weighted by Crippen LogP contribution is -2.39. The lowest BCUT2D eigenvalue weighted by Gasteiger charge is -2.36. The molecule has 0 radical (unpaired) electrons. The zero-order valence-corrected chi connectivity index (χ0v) is 18.8. The van der Waals surface area contributed by atoms with Crippen molar-refractivity contribution in [1.29, 1.82) is 0 Å². The maximum Gasteiger partial charge on any atom is 0.230 e. The van der Waals surface area contributed by atoms with Gasteiger partial charge in [-0.25, -0.2) is 0 Å². The van der Waals surface area contributed by atoms with Gasteiger partial charge >= 0.3 is 0 Å². The Morgan fingerprint density at radius 1 is 0.879 bits per heavy atom. The van der Waals surface area contributed by atoms with Crippen LogP contribution in [0.2, 0.25) is 0 Å². The van der Waals surface area contributed by atoms with Crippen LogP contribution >= 0.6 is 11.8 Å². The molecule has 3 aliphatic carbocycles. The van der Waals surface area contributed by atoms with Crippen molar-refractivity contribution in [2.24, 2.45) is 0 Å². The highest BCUT2D eigenvalue weighted by Gasteiger charge is 2.51. The Balaban J connectivity index is 1.40. The Hall–Kier alpha value is -3.56. The van der Waals surface area contributed by atoms with Gasteiger partial charge in [0.1, 0.15) is 5.69 Å². The summed E-state index contributed by atoms with van der Waals surface area (Å²) in [5.74, 6) is 0. The number of fused-ring (bicyclic) bond motifs is 5. The van der Waals surface area contributed by atoms with Crippen molar-refractivity contribution < 1.29 is 4.58 Å². The Labute approximate surface area is 197 Å². The second-order valence-electron chi connectivity index (χ2n) is 9.10. The normalized spacial score (nSPS) is 25.5. The van der Waals surface area contributed by atoms with Gasteiger partial charge in [0.2, 0.25) is 11.7 Å². The third kappa shape index (κ3) is 2.33. The summed E-state index contributed by atoms with van der Waals surface area (Å²) in [6.45, 7) is 0. The highest BCUT2D eigenvalue weighted by Crippen LogP contribution is 2.54. The number of benzene rings is 2. The van der Waals surface area contributed by atoms with E-state index in [-0.39, 0.29) is 6.04 Å². The van der Waals surface area contributed by atoms with Crippen LogP contribution in [0.3, 0.4) is 0 Å². The highest BCUT2D eigenvalue weighted by molar-refractivity contribution is 8.04. The smallest absolute Gasteiger partial charge is 0.230 e. The molecule has 3 heteroatoms. The molecule has 0 saturated heterocycles. The van der Waals surface area contributed by atoms with Gasteiger partial charge in [-0.1, -0.05) is 66.8 Å². The lowest BCUT2D eigenvalue weighted by molar-refractivity contribution is -0.461. The summed E-state index contributed by atoms with van der Waals surface area (Å²) in [6, 6.07) is 19.9. The number of hydrogen-bond acceptors (Lipinski definition) is 2. The molecule has 3 heterocycles. The quantitative estimate of drug-likeness (QED) is 0.445. The molecule has 2 aromatic rings. The van der Waals surface area contributed by atoms with E-state index in [0.29, 0.717) is 5.25 Å². The van der Waals surface area contributed by atoms with Gasteiger partial charge in [0.15, 0.2) is 5.71 Å². The van der Waals surface area contributed by atoms with Gasteiger partial charge in [-0.3, -0.25) is 0 Å². The van der Waals surface area contributed by atoms with Crippen LogP contribution in [0.15, 0.2) is 136 Å². The second kappa shape index (κ2) is 6.49. The van der Waals surface area contributed by atoms with Crippen LogP contribution in [-0.2, 0) is 0 Å². The molecule has 0 fully saturated rings. The number of nitrogens with zero attached hydrogens (tertiary/aromatic N) is 2. The molecular weight excluding hydrogens is 420 g/mol. The minimum absolute atomic E-state index is 0.221. The zero-order valence-electron chi connectivity index (χ0n) is 18.0. The third-order valence-electron chi connectivity index (χ3n) is 7.44. The molecule has 156 valence electrons. The van der Waals surface area contributed by atoms with Crippen molar-refractivity contribution in [2.75, 3.05) is 4.90 Å². The Bertz CT molecular complexity index is 1510. The highest BCUT2D eigenvalue weighted by atomic mass is 32.2. The van der Waals surface area contributed by atoms with Gasteiger partial charge < -0.3 is 4.90 Å². The first-order valence-corrected chi connectivity index (χ1v) is 12.5. The maximum absolute atomic E-state index is 2.62. The largest absolute Gasteiger partial charge is 0.302 e. The van der Waals surface area contributed by atoms with E-state index in [0.717, 1.165) is 6.42 Å². The van der Waals surface area contributed by atoms with Gasteiger partial charge in [-0.2, -0.15) is 4.58 Å². The van der Waals surface area contributed by atoms with Gasteiger partial charge in [-0.05, 0) is 41.5 Å². The second-order valence-corrected chi connectivity index (χ2v) is 10.3. The summed E-state index contributed by atoms with van der Waals surface area (Å²) in [4.78, 5) is 3.91. The van der Waals surface area contributed by atoms with E-state index in [1.54, 1.807) is 0 Å². The third-order valence-corrected chi connectivity index (χ3v) is 8.73. The zero-order chi connectivity index (χ0) is 21.5. The first-order valence-electron chi connectivity index (χ1n) is 11.6. The molecule has 8 rings (SSSR count). The van der Waals surface area contributed by atoms with Crippen LogP contribution in [0.1, 0.15) is 6.42 Å². The van der Waals surface area contributed by atoms with Crippen LogP contribution in [0.25, 0.3) is 0 Å². The Morgan fingerprint density at radius 3 is 2.67 bits per heavy atom. The molecule has 0 N–H and O–H groups in total. The van der Waals surface area contributed by atoms with Gasteiger partial charge in [-0.15, -0.1) is 11.8 Å². The SMILES string of the molecule is C1=CC2=C3CC4=[N+]5c6ccccc6N(c6ccccc6)C6=CC=CC(=C4C=C3SC2C=C1)C65. The number of thioether (sulfide) groups is 1. The topological polar surface area (TPSA) is 6.25 Å². The fourth-order valence-corrected chi connectivity index (χ4v) is 7.41. The average molecular weight is 442 g/mol. The summed E-state index contributed by atoms with van der Waals surface area (Å²) in [5, 5.41) is 0.469. The van der Waals surface area contributed by atoms with Crippen molar-refractivity contribution in [3.63, 3.8) is 0 Å². The fraction of sp³-hybridized carbons (Fsp3) is 0.100. The van der Waals surface area contributed by atoms with Crippen LogP contribution in [-0.4, -0.2) is 21.6 Å². The van der Waals surface area contributed by atoms with Crippen molar-refractivity contribution in [2.45, 2.75) is 17.7 Å². The van der Waals surface area contributed by atoms with Crippen molar-refractivity contribution in [1.82, 2.24) is 0 Å². The summed E-state index contributed by atoms with van der Waals surface area (Å²) in [5.41, 5.74) is 12.4. The molecule has 33 heavy (non-hydrogen) atoms. The molecular formula is C30H21N2S+. The summed E-state index contributed by atoms with van der Waals surface area (Å²) in [7, 11) is 0. The van der Waals surface area contributed by atoms with Gasteiger partial charge in [0, 0.05) is 22.2 Å². The lowest BCUT2D eigenvalue weighted by atomic mass is 9.87. The van der Waals surface area contributed by atoms with Crippen LogP contribution in [0.5, 0.6) is 0 Å². The molecule has 2 unspecified atom stereocenters. The molecule has 0 amide bonds. The monoisotopic (exact) mass is 441 g/mol. The molecule has 0 bridgehead atoms. The minimum Gasteiger partial charge on any atom is -0.302 e. The van der Waals surface area contributed by atoms with Crippen molar-refractivity contribution in [3.05, 3.63) is 136 Å². The van der Waals surface area contributed by atoms with Crippen LogP contribution in [0, 0.1) is 0 Å². The van der Waals surface area contributed by atoms with Crippen molar-refractivity contribution >= 4 is 34.5 Å². The van der Waals surface area contributed by atoms with E-state index in [2.05, 4.69) is 113 Å². The van der Waals surface area contributed by atoms with E-state index >= 15 is 0 Å². The number of rotatable bonds is 1. The molecule has 2 aromatic carbocycles. The molecule has 0 spiro atoms. The van der Waals surface area contributed by atoms with E-state index in [9.17, 15) is 0 Å². The summed E-state index contributed by atoms with van der Waals surface area (Å²) < 4.78 is 2.62. The molecule has 2 atom stereocenters. The first kappa shape index (κ1) is 17.9. The fourth-order valence-electron chi connectivity index (χ4n) is 6.10. The molecule has 0 aromatic heterocycles. The molecule has 2 nitrogen and oxygen atoms in total. The van der Waals surface area contributed by atoms with Crippen LogP contribution < -0.4 is 4.90 Å². The van der Waals surface area contributed by atoms with E-state index in [1.807, 2.05) is 11.8 Å². The Kier molecular flexibility index (Phi) is 3.53. The summed E-state index contributed by atoms with van der Waals surface area (Å²) in [6.07, 6.45) is 19.4. The number of anilines is 2. The van der Waals surface area contributed by atoms with E-state index < -0.39 is 0 Å². The van der Waals surface area contributed by atoms with Crippen LogP contribution in [0.4, 0.5) is 17.1 Å². The molecule has 3 aliphatic heterocycles. The predicted molar refractivity (Wildman–Crippen MR) is 137 cm³/mol. The van der Waals surface area contributed by atoms with Gasteiger partial charge in [0.25, 0.3) is 0 Å². The van der Waals surface area contributed by atoms with E-state index in [4.69, 9.17) is 0 Å². The van der Waals surface area contributed by atoms with Gasteiger partial charge in [0.05, 0.1) is 22.9 Å². The summed E-state index contributed by atoms with van der Waals surface area (Å²) >= 11 is 2.01.